The van der Waals surface area contributed by atoms with E-state index in [1.54, 1.807) is 0 Å². The molecule has 18 heavy (non-hydrogen) atoms. The second-order valence-electron chi connectivity index (χ2n) is 5.32. The maximum Gasteiger partial charge on any atom is 0.0458 e. The molecule has 2 aromatic rings. The average molecular weight is 237 g/mol. The van der Waals surface area contributed by atoms with Crippen LogP contribution in [0.5, 0.6) is 0 Å². The minimum atomic E-state index is 0.679. The Morgan fingerprint density at radius 2 is 2.17 bits per heavy atom. The molecule has 1 heteroatoms. The molecule has 1 aliphatic rings. The third kappa shape index (κ3) is 2.01. The molecule has 1 atom stereocenters. The van der Waals surface area contributed by atoms with E-state index in [1.165, 1.54) is 34.2 Å². The predicted molar refractivity (Wildman–Crippen MR) is 78.4 cm³/mol. The zero-order chi connectivity index (χ0) is 12.5. The lowest BCUT2D eigenvalue weighted by molar-refractivity contribution is 0.561. The van der Waals surface area contributed by atoms with E-state index in [9.17, 15) is 0 Å². The normalized spacial score (nSPS) is 19.8. The molecule has 1 aromatic heterocycles. The summed E-state index contributed by atoms with van der Waals surface area (Å²) in [4.78, 5) is 3.52. The quantitative estimate of drug-likeness (QED) is 0.713. The number of allylic oxidation sites excluding steroid dienone is 3. The van der Waals surface area contributed by atoms with Gasteiger partial charge in [0, 0.05) is 11.2 Å². The van der Waals surface area contributed by atoms with Crippen LogP contribution in [0.3, 0.4) is 0 Å². The number of nitrogens with one attached hydrogen (secondary N) is 1. The maximum absolute atomic E-state index is 4.07. The highest BCUT2D eigenvalue weighted by molar-refractivity contribution is 5.84. The first-order valence-electron chi connectivity index (χ1n) is 6.66. The second-order valence-corrected chi connectivity index (χ2v) is 5.32. The summed E-state index contributed by atoms with van der Waals surface area (Å²) < 4.78 is 0. The van der Waals surface area contributed by atoms with Gasteiger partial charge in [-0.1, -0.05) is 36.4 Å². The molecule has 0 radical (unpaired) electrons. The Labute approximate surface area is 108 Å². The molecule has 0 spiro atoms. The highest BCUT2D eigenvalue weighted by Gasteiger charge is 2.16. The van der Waals surface area contributed by atoms with Gasteiger partial charge in [0.2, 0.25) is 0 Å². The van der Waals surface area contributed by atoms with Crippen LogP contribution in [0, 0.1) is 5.92 Å². The molecule has 0 saturated heterocycles. The van der Waals surface area contributed by atoms with Gasteiger partial charge in [0.25, 0.3) is 0 Å². The van der Waals surface area contributed by atoms with Crippen LogP contribution in [0.1, 0.15) is 31.9 Å². The molecule has 92 valence electrons. The van der Waals surface area contributed by atoms with Crippen molar-refractivity contribution >= 4 is 16.5 Å². The van der Waals surface area contributed by atoms with Gasteiger partial charge in [0.05, 0.1) is 0 Å². The Kier molecular flexibility index (Phi) is 2.83. The van der Waals surface area contributed by atoms with Gasteiger partial charge in [-0.25, -0.2) is 0 Å². The van der Waals surface area contributed by atoms with Crippen LogP contribution in [-0.2, 0) is 0 Å². The van der Waals surface area contributed by atoms with Crippen molar-refractivity contribution in [2.45, 2.75) is 26.2 Å². The molecule has 1 heterocycles. The first kappa shape index (κ1) is 11.3. The number of hydrogen-bond donors (Lipinski definition) is 1. The van der Waals surface area contributed by atoms with Crippen LogP contribution >= 0.6 is 0 Å². The fourth-order valence-electron chi connectivity index (χ4n) is 2.77. The lowest BCUT2D eigenvalue weighted by Gasteiger charge is -2.21. The summed E-state index contributed by atoms with van der Waals surface area (Å²) in [6.45, 7) is 6.22. The third-order valence-electron chi connectivity index (χ3n) is 3.98. The number of hydrogen-bond acceptors (Lipinski definition) is 0. The fourth-order valence-corrected chi connectivity index (χ4v) is 2.77. The summed E-state index contributed by atoms with van der Waals surface area (Å²) in [5, 5.41) is 1.30. The maximum atomic E-state index is 4.07. The second kappa shape index (κ2) is 4.49. The van der Waals surface area contributed by atoms with Gasteiger partial charge in [-0.2, -0.15) is 0 Å². The van der Waals surface area contributed by atoms with Crippen LogP contribution in [0.15, 0.2) is 48.6 Å². The van der Waals surface area contributed by atoms with Crippen molar-refractivity contribution in [3.63, 3.8) is 0 Å². The number of H-pyrrole nitrogens is 1. The van der Waals surface area contributed by atoms with Crippen LogP contribution in [0.25, 0.3) is 16.5 Å². The largest absolute Gasteiger partial charge is 0.355 e. The Morgan fingerprint density at radius 1 is 1.33 bits per heavy atom. The minimum absolute atomic E-state index is 0.679. The molecule has 1 aliphatic carbocycles. The number of aromatic nitrogens is 1. The molecule has 0 aliphatic heterocycles. The first-order chi connectivity index (χ1) is 8.74. The zero-order valence-electron chi connectivity index (χ0n) is 10.9. The number of para-hydroxylation sites is 1. The molecular weight excluding hydrogens is 218 g/mol. The molecular formula is C17H19N. The molecule has 1 N–H and O–H groups in total. The summed E-state index contributed by atoms with van der Waals surface area (Å²) in [7, 11) is 0. The third-order valence-corrected chi connectivity index (χ3v) is 3.98. The van der Waals surface area contributed by atoms with E-state index in [0.29, 0.717) is 5.92 Å². The van der Waals surface area contributed by atoms with E-state index in [-0.39, 0.29) is 0 Å². The molecule has 0 amide bonds. The smallest absolute Gasteiger partial charge is 0.0458 e. The van der Waals surface area contributed by atoms with Gasteiger partial charge < -0.3 is 4.98 Å². The van der Waals surface area contributed by atoms with Crippen molar-refractivity contribution in [2.24, 2.45) is 5.92 Å². The molecule has 0 saturated carbocycles. The summed E-state index contributed by atoms with van der Waals surface area (Å²) in [6.07, 6.45) is 5.91. The summed E-state index contributed by atoms with van der Waals surface area (Å²) in [5.74, 6) is 0.679. The van der Waals surface area contributed by atoms with E-state index >= 15 is 0 Å². The predicted octanol–water partition coefficient (Wildman–Crippen LogP) is 4.93. The summed E-state index contributed by atoms with van der Waals surface area (Å²) in [6, 6.07) is 10.7. The Balaban J connectivity index is 1.89. The topological polar surface area (TPSA) is 15.8 Å². The van der Waals surface area contributed by atoms with Crippen LogP contribution < -0.4 is 0 Å². The van der Waals surface area contributed by atoms with Crippen LogP contribution in [0.2, 0.25) is 0 Å². The van der Waals surface area contributed by atoms with Crippen molar-refractivity contribution in [2.75, 3.05) is 0 Å². The molecule has 0 bridgehead atoms. The summed E-state index contributed by atoms with van der Waals surface area (Å²) in [5.41, 5.74) is 5.30. The monoisotopic (exact) mass is 237 g/mol. The number of benzene rings is 1. The first-order valence-corrected chi connectivity index (χ1v) is 6.66. The van der Waals surface area contributed by atoms with Crippen LogP contribution in [0.4, 0.5) is 0 Å². The number of fused-ring (bicyclic) bond motifs is 1. The van der Waals surface area contributed by atoms with Crippen molar-refractivity contribution < 1.29 is 0 Å². The molecule has 1 aromatic carbocycles. The molecule has 3 rings (SSSR count). The molecule has 1 nitrogen and oxygen atoms in total. The highest BCUT2D eigenvalue weighted by Crippen LogP contribution is 2.33. The Bertz CT molecular complexity index is 582. The van der Waals surface area contributed by atoms with Gasteiger partial charge in [-0.3, -0.25) is 0 Å². The van der Waals surface area contributed by atoms with Gasteiger partial charge >= 0.3 is 0 Å². The lowest BCUT2D eigenvalue weighted by Crippen LogP contribution is -2.06. The van der Waals surface area contributed by atoms with Crippen molar-refractivity contribution in [3.8, 4) is 0 Å². The number of rotatable bonds is 2. The van der Waals surface area contributed by atoms with E-state index in [1.807, 2.05) is 0 Å². The fraction of sp³-hybridized carbons (Fsp3) is 0.294. The van der Waals surface area contributed by atoms with Gasteiger partial charge in [-0.15, -0.1) is 0 Å². The molecule has 0 fully saturated rings. The minimum Gasteiger partial charge on any atom is -0.355 e. The van der Waals surface area contributed by atoms with Gasteiger partial charge in [0.1, 0.15) is 0 Å². The highest BCUT2D eigenvalue weighted by atomic mass is 14.7. The SMILES string of the molecule is C=C(C)[C@@H]1CC=C(c2cc3ccccc3[nH]2)CC1. The average Bonchev–Trinajstić information content (AvgIpc) is 2.82. The van der Waals surface area contributed by atoms with E-state index < -0.39 is 0 Å². The Morgan fingerprint density at radius 3 is 2.83 bits per heavy atom. The Hall–Kier alpha value is -1.76. The zero-order valence-corrected chi connectivity index (χ0v) is 10.9. The van der Waals surface area contributed by atoms with Crippen molar-refractivity contribution in [1.29, 1.82) is 0 Å². The van der Waals surface area contributed by atoms with Gasteiger partial charge in [0.15, 0.2) is 0 Å². The van der Waals surface area contributed by atoms with Crippen molar-refractivity contribution in [3.05, 3.63) is 54.3 Å². The lowest BCUT2D eigenvalue weighted by atomic mass is 9.85. The van der Waals surface area contributed by atoms with Crippen molar-refractivity contribution in [1.82, 2.24) is 4.98 Å². The van der Waals surface area contributed by atoms with Crippen LogP contribution in [-0.4, -0.2) is 4.98 Å². The van der Waals surface area contributed by atoms with E-state index in [0.717, 1.165) is 12.8 Å². The summed E-state index contributed by atoms with van der Waals surface area (Å²) >= 11 is 0. The molecule has 0 unspecified atom stereocenters. The van der Waals surface area contributed by atoms with E-state index in [2.05, 4.69) is 54.9 Å². The number of aromatic amines is 1. The standard InChI is InChI=1S/C17H19N/c1-12(2)13-7-9-14(10-8-13)17-11-15-5-3-4-6-16(15)18-17/h3-6,9,11,13,18H,1,7-8,10H2,2H3/t13-/m1/s1. The van der Waals surface area contributed by atoms with E-state index in [4.69, 9.17) is 0 Å². The van der Waals surface area contributed by atoms with Gasteiger partial charge in [-0.05, 0) is 55.2 Å².